The maximum atomic E-state index is 12.2. The molecule has 1 aromatic rings. The number of rotatable bonds is 3. The number of hydrogen-bond donors (Lipinski definition) is 2. The number of carbonyl (C=O) groups is 1. The van der Waals surface area contributed by atoms with Crippen LogP contribution in [0.4, 0.5) is 5.69 Å². The minimum atomic E-state index is 0.0993. The molecular formula is C15H20IN3O. The van der Waals surface area contributed by atoms with Gasteiger partial charge in [0.15, 0.2) is 0 Å². The van der Waals surface area contributed by atoms with Crippen molar-refractivity contribution in [1.82, 2.24) is 10.2 Å². The Morgan fingerprint density at radius 3 is 2.75 bits per heavy atom. The Morgan fingerprint density at radius 2 is 2.10 bits per heavy atom. The largest absolute Gasteiger partial charge is 0.325 e. The molecule has 0 aromatic heterocycles. The SMILES string of the molecule is Cc1cc(I)ccc1NC(=O)CN1CC2CNCC2C1. The summed E-state index contributed by atoms with van der Waals surface area (Å²) in [4.78, 5) is 14.4. The van der Waals surface area contributed by atoms with E-state index in [0.29, 0.717) is 6.54 Å². The molecule has 4 nitrogen and oxygen atoms in total. The Labute approximate surface area is 133 Å². The lowest BCUT2D eigenvalue weighted by Gasteiger charge is -2.17. The van der Waals surface area contributed by atoms with Crippen LogP contribution >= 0.6 is 22.6 Å². The molecule has 108 valence electrons. The summed E-state index contributed by atoms with van der Waals surface area (Å²) < 4.78 is 1.19. The first kappa shape index (κ1) is 14.3. The van der Waals surface area contributed by atoms with Gasteiger partial charge in [0.2, 0.25) is 5.91 Å². The molecule has 1 aromatic carbocycles. The van der Waals surface area contributed by atoms with Crippen LogP contribution in [0.5, 0.6) is 0 Å². The van der Waals surface area contributed by atoms with Crippen molar-refractivity contribution in [2.45, 2.75) is 6.92 Å². The number of carbonyl (C=O) groups excluding carboxylic acids is 1. The average Bonchev–Trinajstić information content (AvgIpc) is 2.93. The van der Waals surface area contributed by atoms with E-state index >= 15 is 0 Å². The van der Waals surface area contributed by atoms with E-state index in [9.17, 15) is 4.79 Å². The highest BCUT2D eigenvalue weighted by atomic mass is 127. The van der Waals surface area contributed by atoms with Crippen LogP contribution in [0.2, 0.25) is 0 Å². The van der Waals surface area contributed by atoms with E-state index in [4.69, 9.17) is 0 Å². The Kier molecular flexibility index (Phi) is 4.28. The van der Waals surface area contributed by atoms with Crippen LogP contribution in [0.25, 0.3) is 0 Å². The van der Waals surface area contributed by atoms with Gasteiger partial charge in [-0.15, -0.1) is 0 Å². The highest BCUT2D eigenvalue weighted by Crippen LogP contribution is 2.26. The van der Waals surface area contributed by atoms with Gasteiger partial charge in [0, 0.05) is 22.3 Å². The normalized spacial score (nSPS) is 25.7. The van der Waals surface area contributed by atoms with Gasteiger partial charge < -0.3 is 10.6 Å². The lowest BCUT2D eigenvalue weighted by molar-refractivity contribution is -0.117. The molecule has 2 fully saturated rings. The minimum absolute atomic E-state index is 0.0993. The van der Waals surface area contributed by atoms with Crippen LogP contribution in [-0.4, -0.2) is 43.5 Å². The summed E-state index contributed by atoms with van der Waals surface area (Å²) in [7, 11) is 0. The predicted molar refractivity (Wildman–Crippen MR) is 88.8 cm³/mol. The van der Waals surface area contributed by atoms with Gasteiger partial charge in [0.05, 0.1) is 6.54 Å². The zero-order valence-electron chi connectivity index (χ0n) is 11.7. The molecule has 0 aliphatic carbocycles. The molecule has 20 heavy (non-hydrogen) atoms. The van der Waals surface area contributed by atoms with Gasteiger partial charge in [-0.1, -0.05) is 0 Å². The lowest BCUT2D eigenvalue weighted by atomic mass is 10.0. The zero-order valence-corrected chi connectivity index (χ0v) is 13.8. The number of likely N-dealkylation sites (tertiary alicyclic amines) is 1. The summed E-state index contributed by atoms with van der Waals surface area (Å²) in [6.07, 6.45) is 0. The Morgan fingerprint density at radius 1 is 1.40 bits per heavy atom. The molecule has 2 unspecified atom stereocenters. The van der Waals surface area contributed by atoms with Crippen molar-refractivity contribution in [3.63, 3.8) is 0 Å². The fourth-order valence-corrected chi connectivity index (χ4v) is 3.89. The standard InChI is InChI=1S/C15H20IN3O/c1-10-4-13(16)2-3-14(10)18-15(20)9-19-7-11-5-17-6-12(11)8-19/h2-4,11-12,17H,5-9H2,1H3,(H,18,20). The summed E-state index contributed by atoms with van der Waals surface area (Å²) >= 11 is 2.28. The maximum absolute atomic E-state index is 12.2. The summed E-state index contributed by atoms with van der Waals surface area (Å²) in [5.41, 5.74) is 2.05. The fraction of sp³-hybridized carbons (Fsp3) is 0.533. The molecule has 2 heterocycles. The number of nitrogens with zero attached hydrogens (tertiary/aromatic N) is 1. The molecule has 2 aliphatic heterocycles. The van der Waals surface area contributed by atoms with Crippen molar-refractivity contribution < 1.29 is 4.79 Å². The Bertz CT molecular complexity index is 508. The number of amides is 1. The summed E-state index contributed by atoms with van der Waals surface area (Å²) in [6.45, 7) is 6.87. The van der Waals surface area contributed by atoms with Crippen LogP contribution in [0.15, 0.2) is 18.2 Å². The topological polar surface area (TPSA) is 44.4 Å². The summed E-state index contributed by atoms with van der Waals surface area (Å²) in [5.74, 6) is 1.58. The lowest BCUT2D eigenvalue weighted by Crippen LogP contribution is -2.33. The van der Waals surface area contributed by atoms with Crippen molar-refractivity contribution >= 4 is 34.2 Å². The highest BCUT2D eigenvalue weighted by molar-refractivity contribution is 14.1. The van der Waals surface area contributed by atoms with Crippen LogP contribution < -0.4 is 10.6 Å². The van der Waals surface area contributed by atoms with E-state index in [-0.39, 0.29) is 5.91 Å². The zero-order chi connectivity index (χ0) is 14.1. The van der Waals surface area contributed by atoms with Crippen LogP contribution in [0.3, 0.4) is 0 Å². The van der Waals surface area contributed by atoms with Crippen molar-refractivity contribution in [2.75, 3.05) is 38.0 Å². The molecule has 2 atom stereocenters. The second kappa shape index (κ2) is 5.99. The number of aryl methyl sites for hydroxylation is 1. The third-order valence-electron chi connectivity index (χ3n) is 4.29. The molecule has 2 aliphatic rings. The van der Waals surface area contributed by atoms with Crippen LogP contribution in [-0.2, 0) is 4.79 Å². The Hall–Kier alpha value is -0.660. The third kappa shape index (κ3) is 3.15. The van der Waals surface area contributed by atoms with Gasteiger partial charge >= 0.3 is 0 Å². The number of fused-ring (bicyclic) bond motifs is 1. The third-order valence-corrected chi connectivity index (χ3v) is 4.97. The van der Waals surface area contributed by atoms with Crippen molar-refractivity contribution in [2.24, 2.45) is 11.8 Å². The smallest absolute Gasteiger partial charge is 0.238 e. The molecule has 2 N–H and O–H groups in total. The molecule has 0 radical (unpaired) electrons. The first-order chi connectivity index (χ1) is 9.61. The average molecular weight is 385 g/mol. The van der Waals surface area contributed by atoms with Crippen LogP contribution in [0, 0.1) is 22.3 Å². The van der Waals surface area contributed by atoms with Crippen LogP contribution in [0.1, 0.15) is 5.56 Å². The van der Waals surface area contributed by atoms with Gasteiger partial charge in [0.25, 0.3) is 0 Å². The van der Waals surface area contributed by atoms with Gasteiger partial charge in [-0.2, -0.15) is 0 Å². The summed E-state index contributed by atoms with van der Waals surface area (Å²) in [5, 5.41) is 6.45. The number of anilines is 1. The Balaban J connectivity index is 1.55. The van der Waals surface area contributed by atoms with Gasteiger partial charge in [0.1, 0.15) is 0 Å². The molecule has 5 heteroatoms. The highest BCUT2D eigenvalue weighted by Gasteiger charge is 2.36. The molecule has 1 amide bonds. The van der Waals surface area contributed by atoms with Crippen molar-refractivity contribution in [1.29, 1.82) is 0 Å². The predicted octanol–water partition coefficient (Wildman–Crippen LogP) is 1.69. The van der Waals surface area contributed by atoms with E-state index < -0.39 is 0 Å². The van der Waals surface area contributed by atoms with Crippen molar-refractivity contribution in [3.05, 3.63) is 27.3 Å². The van der Waals surface area contributed by atoms with E-state index in [1.165, 1.54) is 3.57 Å². The van der Waals surface area contributed by atoms with E-state index in [1.807, 2.05) is 19.1 Å². The second-order valence-electron chi connectivity index (χ2n) is 5.88. The molecule has 2 saturated heterocycles. The first-order valence-electron chi connectivity index (χ1n) is 7.11. The number of halogens is 1. The minimum Gasteiger partial charge on any atom is -0.325 e. The second-order valence-corrected chi connectivity index (χ2v) is 7.13. The van der Waals surface area contributed by atoms with Gasteiger partial charge in [-0.05, 0) is 78.2 Å². The molecule has 0 spiro atoms. The number of benzene rings is 1. The van der Waals surface area contributed by atoms with Gasteiger partial charge in [-0.25, -0.2) is 0 Å². The van der Waals surface area contributed by atoms with E-state index in [0.717, 1.165) is 49.3 Å². The summed E-state index contributed by atoms with van der Waals surface area (Å²) in [6, 6.07) is 6.09. The molecular weight excluding hydrogens is 365 g/mol. The van der Waals surface area contributed by atoms with E-state index in [1.54, 1.807) is 0 Å². The fourth-order valence-electron chi connectivity index (χ4n) is 3.24. The first-order valence-corrected chi connectivity index (χ1v) is 8.19. The maximum Gasteiger partial charge on any atom is 0.238 e. The number of nitrogens with one attached hydrogen (secondary N) is 2. The quantitative estimate of drug-likeness (QED) is 0.779. The van der Waals surface area contributed by atoms with Crippen molar-refractivity contribution in [3.8, 4) is 0 Å². The molecule has 0 saturated carbocycles. The van der Waals surface area contributed by atoms with Gasteiger partial charge in [-0.3, -0.25) is 9.69 Å². The molecule has 3 rings (SSSR count). The van der Waals surface area contributed by atoms with E-state index in [2.05, 4.69) is 44.2 Å². The monoisotopic (exact) mass is 385 g/mol. The number of hydrogen-bond acceptors (Lipinski definition) is 3. The molecule has 0 bridgehead atoms.